The summed E-state index contributed by atoms with van der Waals surface area (Å²) >= 11 is 0. The zero-order valence-corrected chi connectivity index (χ0v) is 18.8. The van der Waals surface area contributed by atoms with Crippen molar-refractivity contribution in [3.63, 3.8) is 0 Å². The molecule has 1 unspecified atom stereocenters. The van der Waals surface area contributed by atoms with Crippen LogP contribution in [0.3, 0.4) is 0 Å². The summed E-state index contributed by atoms with van der Waals surface area (Å²) in [5, 5.41) is 5.12. The Labute approximate surface area is 186 Å². The number of amides is 2. The lowest BCUT2D eigenvalue weighted by Gasteiger charge is -2.29. The van der Waals surface area contributed by atoms with E-state index in [0.717, 1.165) is 12.1 Å². The zero-order valence-electron chi connectivity index (χ0n) is 18.8. The maximum Gasteiger partial charge on any atom is 0.333 e. The third-order valence-electron chi connectivity index (χ3n) is 4.64. The molecule has 2 rings (SSSR count). The van der Waals surface area contributed by atoms with Gasteiger partial charge < -0.3 is 15.4 Å². The molecule has 2 N–H and O–H groups in total. The fourth-order valence-corrected chi connectivity index (χ4v) is 3.14. The Kier molecular flexibility index (Phi) is 8.14. The monoisotopic (exact) mass is 446 g/mol. The summed E-state index contributed by atoms with van der Waals surface area (Å²) in [6.45, 7) is 8.51. The highest BCUT2D eigenvalue weighted by Crippen LogP contribution is 2.23. The van der Waals surface area contributed by atoms with Crippen molar-refractivity contribution >= 4 is 17.8 Å². The first kappa shape index (κ1) is 25.1. The van der Waals surface area contributed by atoms with Gasteiger partial charge in [0.05, 0.1) is 6.42 Å². The van der Waals surface area contributed by atoms with Gasteiger partial charge in [-0.15, -0.1) is 0 Å². The van der Waals surface area contributed by atoms with E-state index in [1.165, 1.54) is 6.92 Å². The summed E-state index contributed by atoms with van der Waals surface area (Å²) in [5.41, 5.74) is 0.00341. The van der Waals surface area contributed by atoms with Crippen molar-refractivity contribution in [2.45, 2.75) is 65.1 Å². The maximum absolute atomic E-state index is 13.3. The molecule has 172 valence electrons. The van der Waals surface area contributed by atoms with Crippen LogP contribution in [0.5, 0.6) is 0 Å². The maximum atomic E-state index is 13.3. The van der Waals surface area contributed by atoms with Crippen LogP contribution < -0.4 is 10.6 Å². The largest absolute Gasteiger partial charge is 0.458 e. The molecule has 0 aromatic heterocycles. The summed E-state index contributed by atoms with van der Waals surface area (Å²) in [5.74, 6) is 2.29. The standard InChI is InChI=1S/C24H28F2N2O4/c1-14-8-6-7-9-19(14)21(23(31)32-24(3,4)5)28-22(30)15(2)27-20(29)12-16-10-17(25)13-18(26)11-16/h9-11,13-15,21H,8,12H2,1-5H3,(H,27,29)(H,28,30)/t14?,15-,21-/m0/s1. The van der Waals surface area contributed by atoms with Crippen LogP contribution in [0.1, 0.15) is 46.6 Å². The van der Waals surface area contributed by atoms with Crippen molar-refractivity contribution in [3.8, 4) is 11.8 Å². The van der Waals surface area contributed by atoms with Crippen LogP contribution >= 0.6 is 0 Å². The van der Waals surface area contributed by atoms with E-state index >= 15 is 0 Å². The number of nitrogens with one attached hydrogen (secondary N) is 2. The van der Waals surface area contributed by atoms with Crippen molar-refractivity contribution in [1.29, 1.82) is 0 Å². The molecule has 0 spiro atoms. The van der Waals surface area contributed by atoms with E-state index in [4.69, 9.17) is 4.74 Å². The first-order valence-electron chi connectivity index (χ1n) is 10.3. The number of hydrogen-bond acceptors (Lipinski definition) is 4. The Morgan fingerprint density at radius 2 is 1.78 bits per heavy atom. The molecule has 2 amide bonds. The Balaban J connectivity index is 2.09. The molecule has 6 nitrogen and oxygen atoms in total. The van der Waals surface area contributed by atoms with Gasteiger partial charge in [-0.2, -0.15) is 0 Å². The summed E-state index contributed by atoms with van der Waals surface area (Å²) in [4.78, 5) is 37.8. The molecule has 8 heteroatoms. The number of ether oxygens (including phenoxy) is 1. The molecule has 0 saturated carbocycles. The van der Waals surface area contributed by atoms with Crippen LogP contribution in [0.4, 0.5) is 8.78 Å². The Morgan fingerprint density at radius 1 is 1.16 bits per heavy atom. The zero-order chi connectivity index (χ0) is 24.1. The molecule has 1 aromatic rings. The van der Waals surface area contributed by atoms with Gasteiger partial charge in [-0.1, -0.05) is 18.8 Å². The van der Waals surface area contributed by atoms with Gasteiger partial charge in [0.2, 0.25) is 11.8 Å². The predicted molar refractivity (Wildman–Crippen MR) is 115 cm³/mol. The smallest absolute Gasteiger partial charge is 0.333 e. The van der Waals surface area contributed by atoms with Crippen LogP contribution in [0.25, 0.3) is 0 Å². The number of allylic oxidation sites excluding steroid dienone is 1. The molecule has 0 heterocycles. The van der Waals surface area contributed by atoms with Crippen molar-refractivity contribution < 1.29 is 27.9 Å². The lowest BCUT2D eigenvalue weighted by atomic mass is 9.88. The van der Waals surface area contributed by atoms with Crippen molar-refractivity contribution in [3.05, 3.63) is 47.0 Å². The van der Waals surface area contributed by atoms with E-state index in [-0.39, 0.29) is 17.9 Å². The second-order valence-electron chi connectivity index (χ2n) is 8.79. The van der Waals surface area contributed by atoms with Crippen LogP contribution in [-0.4, -0.2) is 35.5 Å². The van der Waals surface area contributed by atoms with Gasteiger partial charge in [0.1, 0.15) is 29.3 Å². The van der Waals surface area contributed by atoms with Crippen LogP contribution in [0.2, 0.25) is 0 Å². The fourth-order valence-electron chi connectivity index (χ4n) is 3.14. The fraction of sp³-hybridized carbons (Fsp3) is 0.458. The van der Waals surface area contributed by atoms with Gasteiger partial charge in [-0.05, 0) is 63.0 Å². The predicted octanol–water partition coefficient (Wildman–Crippen LogP) is 2.81. The third kappa shape index (κ3) is 7.49. The van der Waals surface area contributed by atoms with Crippen LogP contribution in [-0.2, 0) is 25.5 Å². The van der Waals surface area contributed by atoms with Gasteiger partial charge in [0.25, 0.3) is 0 Å². The summed E-state index contributed by atoms with van der Waals surface area (Å²) in [6, 6.07) is 0.743. The average Bonchev–Trinajstić information content (AvgIpc) is 2.64. The minimum atomic E-state index is -1.05. The molecular weight excluding hydrogens is 418 g/mol. The number of rotatable bonds is 7. The lowest BCUT2D eigenvalue weighted by molar-refractivity contribution is -0.157. The summed E-state index contributed by atoms with van der Waals surface area (Å²) in [7, 11) is 0. The number of carbonyl (C=O) groups is 3. The highest BCUT2D eigenvalue weighted by atomic mass is 19.1. The highest BCUT2D eigenvalue weighted by molar-refractivity contribution is 5.92. The number of benzene rings is 1. The minimum absolute atomic E-state index is 0.0677. The van der Waals surface area contributed by atoms with Gasteiger partial charge in [-0.25, -0.2) is 13.6 Å². The van der Waals surface area contributed by atoms with E-state index in [0.29, 0.717) is 18.1 Å². The van der Waals surface area contributed by atoms with E-state index in [1.54, 1.807) is 26.8 Å². The molecule has 0 aliphatic heterocycles. The first-order valence-corrected chi connectivity index (χ1v) is 10.3. The van der Waals surface area contributed by atoms with Crippen molar-refractivity contribution in [2.24, 2.45) is 5.92 Å². The number of hydrogen-bond donors (Lipinski definition) is 2. The van der Waals surface area contributed by atoms with E-state index in [9.17, 15) is 23.2 Å². The third-order valence-corrected chi connectivity index (χ3v) is 4.64. The van der Waals surface area contributed by atoms with Gasteiger partial charge in [0, 0.05) is 12.5 Å². The molecule has 0 fully saturated rings. The Hall–Kier alpha value is -3.21. The molecule has 32 heavy (non-hydrogen) atoms. The SMILES string of the molecule is CC1CC#CC=C1[C@H](NC(=O)[C@H](C)NC(=O)Cc1cc(F)cc(F)c1)C(=O)OC(C)(C)C. The molecular formula is C24H28F2N2O4. The Morgan fingerprint density at radius 3 is 2.34 bits per heavy atom. The molecule has 1 aliphatic rings. The molecule has 1 aromatic carbocycles. The van der Waals surface area contributed by atoms with Gasteiger partial charge in [-0.3, -0.25) is 9.59 Å². The molecule has 1 aliphatic carbocycles. The van der Waals surface area contributed by atoms with E-state index < -0.39 is 47.1 Å². The highest BCUT2D eigenvalue weighted by Gasteiger charge is 2.33. The topological polar surface area (TPSA) is 84.5 Å². The summed E-state index contributed by atoms with van der Waals surface area (Å²) < 4.78 is 32.1. The van der Waals surface area contributed by atoms with Gasteiger partial charge in [0.15, 0.2) is 0 Å². The van der Waals surface area contributed by atoms with E-state index in [1.807, 2.05) is 6.92 Å². The van der Waals surface area contributed by atoms with E-state index in [2.05, 4.69) is 22.5 Å². The second kappa shape index (κ2) is 10.4. The normalized spacial score (nSPS) is 17.2. The molecule has 0 saturated heterocycles. The number of halogens is 2. The number of carbonyl (C=O) groups excluding carboxylic acids is 3. The van der Waals surface area contributed by atoms with Crippen molar-refractivity contribution in [2.75, 3.05) is 0 Å². The Bertz CT molecular complexity index is 966. The lowest BCUT2D eigenvalue weighted by Crippen LogP contribution is -2.53. The second-order valence-corrected chi connectivity index (χ2v) is 8.79. The van der Waals surface area contributed by atoms with Crippen molar-refractivity contribution in [1.82, 2.24) is 10.6 Å². The molecule has 0 bridgehead atoms. The molecule has 0 radical (unpaired) electrons. The summed E-state index contributed by atoms with van der Waals surface area (Å²) in [6.07, 6.45) is 1.84. The van der Waals surface area contributed by atoms with Crippen LogP contribution in [0.15, 0.2) is 29.8 Å². The number of esters is 1. The van der Waals surface area contributed by atoms with Gasteiger partial charge >= 0.3 is 5.97 Å². The molecule has 3 atom stereocenters. The first-order chi connectivity index (χ1) is 14.9. The quantitative estimate of drug-likeness (QED) is 0.498. The average molecular weight is 446 g/mol. The van der Waals surface area contributed by atoms with Crippen LogP contribution in [0, 0.1) is 29.4 Å². The minimum Gasteiger partial charge on any atom is -0.458 e.